The van der Waals surface area contributed by atoms with Gasteiger partial charge in [-0.2, -0.15) is 0 Å². The molecule has 146 valence electrons. The third kappa shape index (κ3) is 17.6. The first kappa shape index (κ1) is 27.0. The molecule has 0 saturated carbocycles. The summed E-state index contributed by atoms with van der Waals surface area (Å²) in [6.07, 6.45) is 8.04. The monoisotopic (exact) mass is 415 g/mol. The number of hydrogen-bond donors (Lipinski definition) is 0. The van der Waals surface area contributed by atoms with Crippen molar-refractivity contribution in [3.8, 4) is 0 Å². The molecule has 0 N–H and O–H groups in total. The summed E-state index contributed by atoms with van der Waals surface area (Å²) in [4.78, 5) is 11.6. The van der Waals surface area contributed by atoms with E-state index in [1.807, 2.05) is 13.8 Å². The zero-order valence-electron chi connectivity index (χ0n) is 16.3. The van der Waals surface area contributed by atoms with Gasteiger partial charge in [-0.1, -0.05) is 74.2 Å². The van der Waals surface area contributed by atoms with Crippen molar-refractivity contribution in [3.63, 3.8) is 0 Å². The van der Waals surface area contributed by atoms with Crippen LogP contribution < -0.4 is 0 Å². The van der Waals surface area contributed by atoms with E-state index in [0.717, 1.165) is 36.8 Å². The lowest BCUT2D eigenvalue weighted by Crippen LogP contribution is -2.19. The number of hydrogen-bond acceptors (Lipinski definition) is 5. The van der Waals surface area contributed by atoms with Gasteiger partial charge in [0, 0.05) is 30.3 Å². The summed E-state index contributed by atoms with van der Waals surface area (Å²) in [6.45, 7) is 12.1. The first-order valence-electron chi connectivity index (χ1n) is 9.26. The molecule has 0 fully saturated rings. The second kappa shape index (κ2) is 20.1. The van der Waals surface area contributed by atoms with Gasteiger partial charge in [0.2, 0.25) is 11.2 Å². The first-order valence-corrected chi connectivity index (χ1v) is 15.7. The van der Waals surface area contributed by atoms with Gasteiger partial charge in [0.05, 0.1) is 0 Å². The minimum absolute atomic E-state index is 0.819. The number of unbranched alkanes of at least 4 members (excludes halogenated alkanes) is 3. The normalized spacial score (nSPS) is 10.9. The van der Waals surface area contributed by atoms with Crippen LogP contribution >= 0.6 is 38.9 Å². The fourth-order valence-electron chi connectivity index (χ4n) is 1.45. The molecule has 0 aliphatic rings. The highest BCUT2D eigenvalue weighted by Gasteiger charge is 2.23. The lowest BCUT2D eigenvalue weighted by molar-refractivity contribution is -0.117. The highest BCUT2D eigenvalue weighted by atomic mass is 33.4. The molecule has 24 heavy (non-hydrogen) atoms. The largest absolute Gasteiger partial charge is 0.346 e. The van der Waals surface area contributed by atoms with Gasteiger partial charge in [-0.05, 0) is 33.1 Å². The SMILES string of the molecule is CCCCSP(=O)(SCCCC)SCCCC.CCN(C=O)CC. The predicted molar refractivity (Wildman–Crippen MR) is 119 cm³/mol. The third-order valence-corrected chi connectivity index (χ3v) is 15.7. The second-order valence-corrected chi connectivity index (χ2v) is 17.3. The fraction of sp³-hybridized carbons (Fsp3) is 0.941. The predicted octanol–water partition coefficient (Wildman–Crippen LogP) is 7.18. The third-order valence-electron chi connectivity index (χ3n) is 3.20. The molecule has 0 atom stereocenters. The maximum Gasteiger partial charge on any atom is 0.243 e. The Hall–Kier alpha value is 0.750. The fourth-order valence-corrected chi connectivity index (χ4v) is 13.5. The topological polar surface area (TPSA) is 37.4 Å². The van der Waals surface area contributed by atoms with Crippen LogP contribution in [0.15, 0.2) is 0 Å². The molecule has 0 spiro atoms. The summed E-state index contributed by atoms with van der Waals surface area (Å²) in [5.74, 6) is 3.18. The molecule has 0 aromatic carbocycles. The van der Waals surface area contributed by atoms with Crippen LogP contribution in [-0.2, 0) is 9.36 Å². The molecule has 0 bridgehead atoms. The molecule has 0 saturated heterocycles. The Kier molecular flexibility index (Phi) is 22.6. The van der Waals surface area contributed by atoms with Crippen LogP contribution in [0.1, 0.15) is 73.1 Å². The molecule has 0 heterocycles. The molecule has 7 heteroatoms. The Morgan fingerprint density at radius 2 is 1.08 bits per heavy atom. The van der Waals surface area contributed by atoms with Crippen molar-refractivity contribution >= 4 is 45.3 Å². The van der Waals surface area contributed by atoms with Gasteiger partial charge in [-0.15, -0.1) is 0 Å². The van der Waals surface area contributed by atoms with Crippen molar-refractivity contribution in [3.05, 3.63) is 0 Å². The van der Waals surface area contributed by atoms with Gasteiger partial charge in [-0.25, -0.2) is 0 Å². The van der Waals surface area contributed by atoms with Crippen LogP contribution in [0.4, 0.5) is 0 Å². The molecule has 0 unspecified atom stereocenters. The van der Waals surface area contributed by atoms with Crippen molar-refractivity contribution < 1.29 is 9.36 Å². The minimum atomic E-state index is -2.06. The van der Waals surface area contributed by atoms with E-state index in [1.54, 1.807) is 39.0 Å². The summed E-state index contributed by atoms with van der Waals surface area (Å²) in [7, 11) is 0. The lowest BCUT2D eigenvalue weighted by Gasteiger charge is -2.15. The Balaban J connectivity index is 0. The molecular weight excluding hydrogens is 377 g/mol. The Morgan fingerprint density at radius 1 is 0.750 bits per heavy atom. The average Bonchev–Trinajstić information content (AvgIpc) is 2.58. The maximum absolute atomic E-state index is 12.7. The zero-order chi connectivity index (χ0) is 18.7. The standard InChI is InChI=1S/C12H27OPS3.C5H11NO/c1-4-7-10-15-14(13,16-11-8-5-2)17-12-9-6-3;1-3-6(4-2)5-7/h4-12H2,1-3H3;5H,3-4H2,1-2H3. The summed E-state index contributed by atoms with van der Waals surface area (Å²) in [5.41, 5.74) is 0. The number of nitrogens with zero attached hydrogens (tertiary/aromatic N) is 1. The summed E-state index contributed by atoms with van der Waals surface area (Å²) < 4.78 is 10.7. The van der Waals surface area contributed by atoms with Gasteiger partial charge in [-0.3, -0.25) is 9.36 Å². The summed E-state index contributed by atoms with van der Waals surface area (Å²) in [5, 5.41) is 0. The molecule has 1 amide bonds. The molecule has 0 aromatic heterocycles. The minimum Gasteiger partial charge on any atom is -0.346 e. The van der Waals surface area contributed by atoms with Gasteiger partial charge < -0.3 is 4.90 Å². The van der Waals surface area contributed by atoms with Crippen molar-refractivity contribution in [1.29, 1.82) is 0 Å². The van der Waals surface area contributed by atoms with E-state index >= 15 is 0 Å². The molecule has 0 rings (SSSR count). The molecule has 0 aromatic rings. The first-order chi connectivity index (χ1) is 11.5. The van der Waals surface area contributed by atoms with Crippen molar-refractivity contribution in [1.82, 2.24) is 4.90 Å². The van der Waals surface area contributed by atoms with Crippen LogP contribution in [0.5, 0.6) is 0 Å². The molecule has 3 nitrogen and oxygen atoms in total. The highest BCUT2D eigenvalue weighted by Crippen LogP contribution is 2.78. The van der Waals surface area contributed by atoms with Crippen molar-refractivity contribution in [2.45, 2.75) is 73.1 Å². The van der Waals surface area contributed by atoms with Crippen LogP contribution in [0, 0.1) is 0 Å². The van der Waals surface area contributed by atoms with Gasteiger partial charge in [0.25, 0.3) is 0 Å². The number of carbonyl (C=O) groups is 1. The van der Waals surface area contributed by atoms with Crippen molar-refractivity contribution in [2.75, 3.05) is 30.3 Å². The van der Waals surface area contributed by atoms with E-state index in [4.69, 9.17) is 0 Å². The summed E-state index contributed by atoms with van der Waals surface area (Å²) >= 11 is 5.19. The van der Waals surface area contributed by atoms with E-state index in [0.29, 0.717) is 0 Å². The Morgan fingerprint density at radius 3 is 1.25 bits per heavy atom. The number of amides is 1. The highest BCUT2D eigenvalue weighted by molar-refractivity contribution is 9.14. The number of carbonyl (C=O) groups excluding carboxylic acids is 1. The van der Waals surface area contributed by atoms with Crippen molar-refractivity contribution in [2.24, 2.45) is 0 Å². The van der Waals surface area contributed by atoms with Crippen LogP contribution in [0.2, 0.25) is 0 Å². The van der Waals surface area contributed by atoms with Crippen LogP contribution in [0.25, 0.3) is 0 Å². The molecule has 0 aliphatic carbocycles. The van der Waals surface area contributed by atoms with Crippen LogP contribution in [-0.4, -0.2) is 41.7 Å². The smallest absolute Gasteiger partial charge is 0.243 e. The molecule has 0 radical (unpaired) electrons. The maximum atomic E-state index is 12.7. The molecular formula is C17H38NO2PS3. The van der Waals surface area contributed by atoms with E-state index < -0.39 is 4.75 Å². The average molecular weight is 416 g/mol. The van der Waals surface area contributed by atoms with E-state index in [2.05, 4.69) is 20.8 Å². The summed E-state index contributed by atoms with van der Waals surface area (Å²) in [6, 6.07) is 0. The van der Waals surface area contributed by atoms with Gasteiger partial charge in [0.15, 0.2) is 0 Å². The van der Waals surface area contributed by atoms with E-state index in [1.165, 1.54) is 38.5 Å². The lowest BCUT2D eigenvalue weighted by atomic mass is 10.4. The van der Waals surface area contributed by atoms with Gasteiger partial charge >= 0.3 is 0 Å². The van der Waals surface area contributed by atoms with Crippen LogP contribution in [0.3, 0.4) is 0 Å². The van der Waals surface area contributed by atoms with E-state index in [-0.39, 0.29) is 0 Å². The van der Waals surface area contributed by atoms with E-state index in [9.17, 15) is 9.36 Å². The quantitative estimate of drug-likeness (QED) is 0.161. The van der Waals surface area contributed by atoms with Gasteiger partial charge in [0.1, 0.15) is 0 Å². The second-order valence-electron chi connectivity index (χ2n) is 5.33. The Labute approximate surface area is 162 Å². The zero-order valence-corrected chi connectivity index (χ0v) is 19.6. The molecule has 0 aliphatic heterocycles. The number of rotatable bonds is 15. The Bertz CT molecular complexity index is 283.